The van der Waals surface area contributed by atoms with Gasteiger partial charge in [0, 0.05) is 51.9 Å². The molecule has 2 aliphatic heterocycles. The second-order valence-corrected chi connectivity index (χ2v) is 7.44. The fourth-order valence-electron chi connectivity index (χ4n) is 3.73. The maximum Gasteiger partial charge on any atom is 0.191 e. The summed E-state index contributed by atoms with van der Waals surface area (Å²) >= 11 is 0. The van der Waals surface area contributed by atoms with Gasteiger partial charge in [-0.15, -0.1) is 0 Å². The van der Waals surface area contributed by atoms with E-state index in [1.54, 1.807) is 0 Å². The Balaban J connectivity index is 1.45. The van der Waals surface area contributed by atoms with Gasteiger partial charge in [0.1, 0.15) is 0 Å². The van der Waals surface area contributed by atoms with Crippen LogP contribution in [-0.4, -0.2) is 80.8 Å². The summed E-state index contributed by atoms with van der Waals surface area (Å²) in [6, 6.07) is 9.25. The van der Waals surface area contributed by atoms with E-state index in [9.17, 15) is 0 Å². The third kappa shape index (κ3) is 6.19. The highest BCUT2D eigenvalue weighted by molar-refractivity contribution is 5.79. The number of fused-ring (bicyclic) bond motifs is 1. The molecule has 3 rings (SSSR count). The summed E-state index contributed by atoms with van der Waals surface area (Å²) in [4.78, 5) is 9.82. The lowest BCUT2D eigenvalue weighted by Crippen LogP contribution is -2.45. The zero-order valence-electron chi connectivity index (χ0n) is 16.9. The van der Waals surface area contributed by atoms with E-state index >= 15 is 0 Å². The number of guanidine groups is 1. The maximum absolute atomic E-state index is 5.41. The summed E-state index contributed by atoms with van der Waals surface area (Å²) in [5.41, 5.74) is 2.97. The first-order valence-corrected chi connectivity index (χ1v) is 10.4. The van der Waals surface area contributed by atoms with Crippen molar-refractivity contribution in [3.63, 3.8) is 0 Å². The van der Waals surface area contributed by atoms with Gasteiger partial charge < -0.3 is 15.4 Å². The first-order valence-electron chi connectivity index (χ1n) is 10.4. The Labute approximate surface area is 164 Å². The Bertz CT molecular complexity index is 600. The second-order valence-electron chi connectivity index (χ2n) is 7.44. The average Bonchev–Trinajstić information content (AvgIpc) is 2.72. The van der Waals surface area contributed by atoms with Crippen LogP contribution in [0.5, 0.6) is 0 Å². The Morgan fingerprint density at radius 2 is 1.93 bits per heavy atom. The average molecular weight is 374 g/mol. The van der Waals surface area contributed by atoms with Gasteiger partial charge in [0.25, 0.3) is 0 Å². The molecule has 0 aromatic heterocycles. The summed E-state index contributed by atoms with van der Waals surface area (Å²) in [7, 11) is 0. The molecule has 0 bridgehead atoms. The molecule has 1 saturated heterocycles. The number of morpholine rings is 1. The number of nitrogens with one attached hydrogen (secondary N) is 2. The molecule has 0 amide bonds. The van der Waals surface area contributed by atoms with Crippen LogP contribution in [0.4, 0.5) is 0 Å². The van der Waals surface area contributed by atoms with Crippen molar-refractivity contribution in [1.82, 2.24) is 20.4 Å². The molecule has 1 atom stereocenters. The standard InChI is InChI=1S/C21H35N5O/c1-3-22-21(23-9-11-25-12-14-27-15-13-25)24-16-18(2)26-10-8-19-6-4-5-7-20(19)17-26/h4-7,18H,3,8-17H2,1-2H3,(H2,22,23,24). The van der Waals surface area contributed by atoms with Crippen molar-refractivity contribution in [1.29, 1.82) is 0 Å². The Kier molecular flexibility index (Phi) is 7.93. The molecular weight excluding hydrogens is 338 g/mol. The van der Waals surface area contributed by atoms with Gasteiger partial charge in [-0.3, -0.25) is 14.8 Å². The summed E-state index contributed by atoms with van der Waals surface area (Å²) in [5, 5.41) is 6.85. The third-order valence-electron chi connectivity index (χ3n) is 5.47. The van der Waals surface area contributed by atoms with Gasteiger partial charge in [0.05, 0.1) is 19.8 Å². The van der Waals surface area contributed by atoms with E-state index in [0.717, 1.165) is 78.0 Å². The van der Waals surface area contributed by atoms with E-state index in [4.69, 9.17) is 9.73 Å². The van der Waals surface area contributed by atoms with Crippen LogP contribution in [0.2, 0.25) is 0 Å². The molecule has 0 spiro atoms. The van der Waals surface area contributed by atoms with Gasteiger partial charge in [-0.1, -0.05) is 24.3 Å². The van der Waals surface area contributed by atoms with Gasteiger partial charge in [-0.25, -0.2) is 0 Å². The zero-order chi connectivity index (χ0) is 18.9. The van der Waals surface area contributed by atoms with Crippen molar-refractivity contribution >= 4 is 5.96 Å². The minimum atomic E-state index is 0.438. The summed E-state index contributed by atoms with van der Waals surface area (Å²) < 4.78 is 5.41. The maximum atomic E-state index is 5.41. The van der Waals surface area contributed by atoms with Crippen LogP contribution >= 0.6 is 0 Å². The molecular formula is C21H35N5O. The van der Waals surface area contributed by atoms with Crippen molar-refractivity contribution in [2.75, 3.05) is 59.0 Å². The molecule has 0 aliphatic carbocycles. The van der Waals surface area contributed by atoms with Crippen molar-refractivity contribution < 1.29 is 4.74 Å². The number of hydrogen-bond acceptors (Lipinski definition) is 4. The molecule has 2 aliphatic rings. The second kappa shape index (κ2) is 10.6. The van der Waals surface area contributed by atoms with E-state index in [0.29, 0.717) is 6.04 Å². The van der Waals surface area contributed by atoms with Crippen molar-refractivity contribution in [3.05, 3.63) is 35.4 Å². The van der Waals surface area contributed by atoms with Gasteiger partial charge >= 0.3 is 0 Å². The van der Waals surface area contributed by atoms with E-state index in [1.807, 2.05) is 0 Å². The van der Waals surface area contributed by atoms with Crippen LogP contribution in [0.1, 0.15) is 25.0 Å². The van der Waals surface area contributed by atoms with Crippen LogP contribution in [0, 0.1) is 0 Å². The Morgan fingerprint density at radius 1 is 1.15 bits per heavy atom. The first-order chi connectivity index (χ1) is 13.3. The molecule has 2 heterocycles. The molecule has 6 nitrogen and oxygen atoms in total. The van der Waals surface area contributed by atoms with Gasteiger partial charge in [0.2, 0.25) is 0 Å². The lowest BCUT2D eigenvalue weighted by molar-refractivity contribution is 0.0389. The molecule has 1 aromatic carbocycles. The SMILES string of the molecule is CCNC(=NCC(C)N1CCc2ccccc2C1)NCCN1CCOCC1. The van der Waals surface area contributed by atoms with Crippen molar-refractivity contribution in [2.45, 2.75) is 32.9 Å². The molecule has 6 heteroatoms. The van der Waals surface area contributed by atoms with Crippen LogP contribution < -0.4 is 10.6 Å². The minimum Gasteiger partial charge on any atom is -0.379 e. The van der Waals surface area contributed by atoms with Gasteiger partial charge in [-0.2, -0.15) is 0 Å². The van der Waals surface area contributed by atoms with Crippen LogP contribution in [-0.2, 0) is 17.7 Å². The molecule has 0 saturated carbocycles. The van der Waals surface area contributed by atoms with E-state index < -0.39 is 0 Å². The van der Waals surface area contributed by atoms with Gasteiger partial charge in [0.15, 0.2) is 5.96 Å². The summed E-state index contributed by atoms with van der Waals surface area (Å²) in [5.74, 6) is 0.926. The first kappa shape index (κ1) is 20.1. The predicted octanol–water partition coefficient (Wildman–Crippen LogP) is 1.32. The molecule has 1 fully saturated rings. The topological polar surface area (TPSA) is 52.1 Å². The summed E-state index contributed by atoms with van der Waals surface area (Å²) in [6.07, 6.45) is 1.14. The highest BCUT2D eigenvalue weighted by Gasteiger charge is 2.20. The lowest BCUT2D eigenvalue weighted by atomic mass is 9.99. The highest BCUT2D eigenvalue weighted by Crippen LogP contribution is 2.20. The van der Waals surface area contributed by atoms with Crippen molar-refractivity contribution in [2.24, 2.45) is 4.99 Å². The molecule has 1 unspecified atom stereocenters. The van der Waals surface area contributed by atoms with E-state index in [-0.39, 0.29) is 0 Å². The van der Waals surface area contributed by atoms with Crippen LogP contribution in [0.25, 0.3) is 0 Å². The number of ether oxygens (including phenoxy) is 1. The number of hydrogen-bond donors (Lipinski definition) is 2. The Hall–Kier alpha value is -1.63. The van der Waals surface area contributed by atoms with E-state index in [2.05, 4.69) is 58.5 Å². The number of aliphatic imine (C=N–C) groups is 1. The van der Waals surface area contributed by atoms with Gasteiger partial charge in [-0.05, 0) is 31.4 Å². The smallest absolute Gasteiger partial charge is 0.191 e. The van der Waals surface area contributed by atoms with E-state index in [1.165, 1.54) is 11.1 Å². The Morgan fingerprint density at radius 3 is 2.70 bits per heavy atom. The van der Waals surface area contributed by atoms with Crippen LogP contribution in [0.3, 0.4) is 0 Å². The highest BCUT2D eigenvalue weighted by atomic mass is 16.5. The number of benzene rings is 1. The zero-order valence-corrected chi connectivity index (χ0v) is 16.9. The quantitative estimate of drug-likeness (QED) is 0.558. The predicted molar refractivity (Wildman–Crippen MR) is 111 cm³/mol. The minimum absolute atomic E-state index is 0.438. The van der Waals surface area contributed by atoms with Crippen LogP contribution in [0.15, 0.2) is 29.3 Å². The lowest BCUT2D eigenvalue weighted by Gasteiger charge is -2.33. The largest absolute Gasteiger partial charge is 0.379 e. The molecule has 150 valence electrons. The molecule has 0 radical (unpaired) electrons. The monoisotopic (exact) mass is 373 g/mol. The number of rotatable bonds is 7. The molecule has 2 N–H and O–H groups in total. The summed E-state index contributed by atoms with van der Waals surface area (Å²) in [6.45, 7) is 14.0. The molecule has 1 aromatic rings. The van der Waals surface area contributed by atoms with Crippen molar-refractivity contribution in [3.8, 4) is 0 Å². The number of nitrogens with zero attached hydrogens (tertiary/aromatic N) is 3. The third-order valence-corrected chi connectivity index (χ3v) is 5.47. The molecule has 27 heavy (non-hydrogen) atoms. The normalized spacial score (nSPS) is 20.1. The fourth-order valence-corrected chi connectivity index (χ4v) is 3.73. The fraction of sp³-hybridized carbons (Fsp3) is 0.667.